The van der Waals surface area contributed by atoms with Crippen LogP contribution in [0, 0.1) is 0 Å². The Morgan fingerprint density at radius 2 is 1.96 bits per heavy atom. The van der Waals surface area contributed by atoms with E-state index in [2.05, 4.69) is 0 Å². The van der Waals surface area contributed by atoms with Crippen LogP contribution in [-0.2, 0) is 14.3 Å². The number of rotatable bonds is 5. The molecule has 0 N–H and O–H groups in total. The molecule has 2 aliphatic rings. The van der Waals surface area contributed by atoms with E-state index in [1.165, 1.54) is 6.07 Å². The molecule has 0 aliphatic carbocycles. The van der Waals surface area contributed by atoms with Gasteiger partial charge in [-0.05, 0) is 38.1 Å². The lowest BCUT2D eigenvalue weighted by Crippen LogP contribution is -2.22. The van der Waals surface area contributed by atoms with Gasteiger partial charge in [0.1, 0.15) is 18.8 Å². The fourth-order valence-electron chi connectivity index (χ4n) is 3.69. The van der Waals surface area contributed by atoms with Gasteiger partial charge in [0, 0.05) is 28.8 Å². The Morgan fingerprint density at radius 3 is 2.75 bits per heavy atom. The highest BCUT2D eigenvalue weighted by Crippen LogP contribution is 2.43. The second kappa shape index (κ2) is 5.97. The summed E-state index contributed by atoms with van der Waals surface area (Å²) in [4.78, 5) is 23.2. The van der Waals surface area contributed by atoms with Crippen LogP contribution in [0.25, 0.3) is 21.9 Å². The minimum atomic E-state index is -0.457. The van der Waals surface area contributed by atoms with Crippen LogP contribution in [0.15, 0.2) is 55.8 Å². The van der Waals surface area contributed by atoms with Crippen molar-refractivity contribution in [2.45, 2.75) is 38.1 Å². The summed E-state index contributed by atoms with van der Waals surface area (Å²) in [5, 5.41) is 1.61. The molecule has 0 radical (unpaired) electrons. The number of esters is 1. The van der Waals surface area contributed by atoms with Crippen molar-refractivity contribution in [3.8, 4) is 5.75 Å². The van der Waals surface area contributed by atoms with Crippen LogP contribution in [0.3, 0.4) is 0 Å². The monoisotopic (exact) mass is 382 g/mol. The van der Waals surface area contributed by atoms with Crippen molar-refractivity contribution in [2.75, 3.05) is 6.61 Å². The molecule has 0 saturated carbocycles. The smallest absolute Gasteiger partial charge is 0.336 e. The number of fused-ring (bicyclic) bond motifs is 2. The van der Waals surface area contributed by atoms with Gasteiger partial charge in [0.15, 0.2) is 11.2 Å². The van der Waals surface area contributed by atoms with Crippen LogP contribution in [0.2, 0.25) is 0 Å². The molecule has 7 heteroatoms. The van der Waals surface area contributed by atoms with Crippen molar-refractivity contribution < 1.29 is 27.8 Å². The lowest BCUT2D eigenvalue weighted by atomic mass is 9.99. The van der Waals surface area contributed by atoms with Gasteiger partial charge in [-0.15, -0.1) is 0 Å². The Morgan fingerprint density at radius 1 is 1.14 bits per heavy atom. The molecule has 2 aliphatic heterocycles. The van der Waals surface area contributed by atoms with Gasteiger partial charge in [0.25, 0.3) is 0 Å². The van der Waals surface area contributed by atoms with E-state index < -0.39 is 11.2 Å². The summed E-state index contributed by atoms with van der Waals surface area (Å²) >= 11 is 0. The lowest BCUT2D eigenvalue weighted by molar-refractivity contribution is -0.140. The zero-order valence-corrected chi connectivity index (χ0v) is 15.4. The Hall–Kier alpha value is -3.06. The Labute approximate surface area is 159 Å². The number of ether oxygens (including phenoxy) is 3. The number of furan rings is 1. The van der Waals surface area contributed by atoms with E-state index in [0.717, 1.165) is 10.8 Å². The van der Waals surface area contributed by atoms with E-state index in [1.807, 2.05) is 25.1 Å². The normalized spacial score (nSPS) is 26.5. The minimum absolute atomic E-state index is 0.170. The first-order valence-corrected chi connectivity index (χ1v) is 9.07. The predicted octanol–water partition coefficient (Wildman–Crippen LogP) is 3.34. The maximum absolute atomic E-state index is 11.7. The molecule has 28 heavy (non-hydrogen) atoms. The van der Waals surface area contributed by atoms with Crippen molar-refractivity contribution in [2.24, 2.45) is 0 Å². The van der Waals surface area contributed by atoms with Crippen LogP contribution in [0.1, 0.15) is 20.3 Å². The summed E-state index contributed by atoms with van der Waals surface area (Å²) in [6.45, 7) is 3.96. The quantitative estimate of drug-likeness (QED) is 0.380. The van der Waals surface area contributed by atoms with Crippen molar-refractivity contribution in [1.82, 2.24) is 0 Å². The van der Waals surface area contributed by atoms with E-state index >= 15 is 0 Å². The van der Waals surface area contributed by atoms with Crippen molar-refractivity contribution in [1.29, 1.82) is 0 Å². The molecule has 5 rings (SSSR count). The molecule has 144 valence electrons. The Balaban J connectivity index is 1.36. The predicted molar refractivity (Wildman–Crippen MR) is 99.3 cm³/mol. The molecule has 4 heterocycles. The van der Waals surface area contributed by atoms with Gasteiger partial charge >= 0.3 is 11.6 Å². The summed E-state index contributed by atoms with van der Waals surface area (Å²) in [6.07, 6.45) is 3.49. The van der Waals surface area contributed by atoms with Crippen molar-refractivity contribution in [3.63, 3.8) is 0 Å². The number of cyclic esters (lactones) is 1. The second-order valence-corrected chi connectivity index (χ2v) is 7.45. The Bertz CT molecular complexity index is 1180. The SMILES string of the molecule is CC1=C[C@H](C[C@@]2(C)O[C@H]2COc2c3occc3cc3ccc(=O)oc23)OC1=O. The second-order valence-electron chi connectivity index (χ2n) is 7.45. The third-order valence-corrected chi connectivity index (χ3v) is 5.32. The molecule has 0 spiro atoms. The Kier molecular flexibility index (Phi) is 3.64. The molecule has 1 aromatic carbocycles. The van der Waals surface area contributed by atoms with E-state index in [4.69, 9.17) is 23.0 Å². The molecule has 1 fully saturated rings. The highest BCUT2D eigenvalue weighted by atomic mass is 16.6. The average molecular weight is 382 g/mol. The zero-order chi connectivity index (χ0) is 19.5. The first kappa shape index (κ1) is 17.1. The van der Waals surface area contributed by atoms with Crippen LogP contribution < -0.4 is 10.4 Å². The van der Waals surface area contributed by atoms with Crippen molar-refractivity contribution >= 4 is 27.9 Å². The van der Waals surface area contributed by atoms with Gasteiger partial charge in [-0.25, -0.2) is 9.59 Å². The van der Waals surface area contributed by atoms with Crippen LogP contribution in [0.4, 0.5) is 0 Å². The minimum Gasteiger partial charge on any atom is -0.483 e. The molecule has 0 unspecified atom stereocenters. The van der Waals surface area contributed by atoms with Gasteiger partial charge in [-0.3, -0.25) is 0 Å². The summed E-state index contributed by atoms with van der Waals surface area (Å²) in [5.41, 5.74) is 0.585. The fraction of sp³-hybridized carbons (Fsp3) is 0.333. The molecule has 1 saturated heterocycles. The molecule has 0 bridgehead atoms. The lowest BCUT2D eigenvalue weighted by Gasteiger charge is -2.12. The number of carbonyl (C=O) groups excluding carboxylic acids is 1. The highest BCUT2D eigenvalue weighted by Gasteiger charge is 2.54. The van der Waals surface area contributed by atoms with Gasteiger partial charge in [0.2, 0.25) is 5.75 Å². The first-order valence-electron chi connectivity index (χ1n) is 9.07. The third kappa shape index (κ3) is 2.79. The molecule has 7 nitrogen and oxygen atoms in total. The van der Waals surface area contributed by atoms with Crippen LogP contribution in [-0.4, -0.2) is 30.4 Å². The van der Waals surface area contributed by atoms with E-state index in [0.29, 0.717) is 28.9 Å². The molecular weight excluding hydrogens is 364 g/mol. The van der Waals surface area contributed by atoms with Gasteiger partial charge in [-0.2, -0.15) is 0 Å². The first-order chi connectivity index (χ1) is 13.4. The maximum Gasteiger partial charge on any atom is 0.336 e. The summed E-state index contributed by atoms with van der Waals surface area (Å²) < 4.78 is 28.0. The van der Waals surface area contributed by atoms with E-state index in [-0.39, 0.29) is 24.8 Å². The van der Waals surface area contributed by atoms with Crippen LogP contribution >= 0.6 is 0 Å². The maximum atomic E-state index is 11.7. The largest absolute Gasteiger partial charge is 0.483 e. The fourth-order valence-corrected chi connectivity index (χ4v) is 3.69. The number of epoxide rings is 1. The summed E-state index contributed by atoms with van der Waals surface area (Å²) in [5.74, 6) is 0.101. The zero-order valence-electron chi connectivity index (χ0n) is 15.4. The number of benzene rings is 1. The number of hydrogen-bond acceptors (Lipinski definition) is 7. The molecular formula is C21H18O7. The summed E-state index contributed by atoms with van der Waals surface area (Å²) in [6, 6.07) is 6.78. The van der Waals surface area contributed by atoms with Gasteiger partial charge in [0.05, 0.1) is 11.9 Å². The topological polar surface area (TPSA) is 91.4 Å². The molecule has 3 aromatic rings. The molecule has 0 amide bonds. The van der Waals surface area contributed by atoms with E-state index in [9.17, 15) is 9.59 Å². The highest BCUT2D eigenvalue weighted by molar-refractivity contribution is 5.99. The molecule has 2 aromatic heterocycles. The average Bonchev–Trinajstić information content (AvgIpc) is 2.94. The summed E-state index contributed by atoms with van der Waals surface area (Å²) in [7, 11) is 0. The standard InChI is InChI=1S/C21H18O7/c1-11-7-14(26-20(11)23)9-21(2)15(28-21)10-25-19-17-13(5-6-24-17)8-12-3-4-16(22)27-18(12)19/h3-8,14-15H,9-10H2,1-2H3/t14-,15+,21-/m1/s1. The van der Waals surface area contributed by atoms with E-state index in [1.54, 1.807) is 19.3 Å². The third-order valence-electron chi connectivity index (χ3n) is 5.32. The van der Waals surface area contributed by atoms with Crippen LogP contribution in [0.5, 0.6) is 5.75 Å². The van der Waals surface area contributed by atoms with Gasteiger partial charge < -0.3 is 23.0 Å². The molecule has 3 atom stereocenters. The van der Waals surface area contributed by atoms with Crippen molar-refractivity contribution in [3.05, 3.63) is 52.6 Å². The van der Waals surface area contributed by atoms with Gasteiger partial charge in [-0.1, -0.05) is 0 Å². The number of carbonyl (C=O) groups is 1. The number of hydrogen-bond donors (Lipinski definition) is 0.